The fourth-order valence-electron chi connectivity index (χ4n) is 2.76. The van der Waals surface area contributed by atoms with Crippen LogP contribution in [-0.4, -0.2) is 24.5 Å². The summed E-state index contributed by atoms with van der Waals surface area (Å²) in [4.78, 5) is 24.8. The van der Waals surface area contributed by atoms with Crippen LogP contribution in [-0.2, 0) is 0 Å². The van der Waals surface area contributed by atoms with Gasteiger partial charge in [-0.2, -0.15) is 0 Å². The highest BCUT2D eigenvalue weighted by Gasteiger charge is 2.15. The predicted octanol–water partition coefficient (Wildman–Crippen LogP) is 4.16. The molecule has 0 saturated carbocycles. The van der Waals surface area contributed by atoms with Crippen LogP contribution >= 0.6 is 12.4 Å². The monoisotopic (exact) mass is 404 g/mol. The van der Waals surface area contributed by atoms with Crippen molar-refractivity contribution in [3.8, 4) is 0 Å². The van der Waals surface area contributed by atoms with Crippen LogP contribution in [0.4, 0.5) is 16.2 Å². The number of aryl methyl sites for hydroxylation is 1. The van der Waals surface area contributed by atoms with Crippen LogP contribution in [0.25, 0.3) is 0 Å². The molecule has 152 valence electrons. The number of nitrogens with two attached hydrogens (primary N) is 1. The third kappa shape index (κ3) is 7.21. The van der Waals surface area contributed by atoms with Gasteiger partial charge in [-0.15, -0.1) is 12.4 Å². The minimum Gasteiger partial charge on any atom is -0.348 e. The van der Waals surface area contributed by atoms with E-state index in [-0.39, 0.29) is 30.4 Å². The van der Waals surface area contributed by atoms with E-state index in [1.54, 1.807) is 24.3 Å². The molecule has 0 aliphatic carbocycles. The van der Waals surface area contributed by atoms with Crippen molar-refractivity contribution in [2.75, 3.05) is 17.2 Å². The number of carbonyl (C=O) groups is 2. The van der Waals surface area contributed by atoms with Crippen molar-refractivity contribution in [2.45, 2.75) is 33.2 Å². The molecule has 2 aromatic rings. The van der Waals surface area contributed by atoms with Gasteiger partial charge in [0.25, 0.3) is 5.91 Å². The lowest BCUT2D eigenvalue weighted by Gasteiger charge is -2.19. The zero-order valence-electron chi connectivity index (χ0n) is 16.5. The number of hydrogen-bond acceptors (Lipinski definition) is 3. The van der Waals surface area contributed by atoms with Crippen molar-refractivity contribution in [2.24, 2.45) is 11.7 Å². The van der Waals surface area contributed by atoms with E-state index in [1.165, 1.54) is 0 Å². The molecule has 0 bridgehead atoms. The van der Waals surface area contributed by atoms with E-state index in [9.17, 15) is 9.59 Å². The number of urea groups is 1. The molecule has 5 N–H and O–H groups in total. The van der Waals surface area contributed by atoms with Gasteiger partial charge in [-0.3, -0.25) is 4.79 Å². The maximum atomic E-state index is 12.5. The van der Waals surface area contributed by atoms with Crippen LogP contribution in [0.15, 0.2) is 48.5 Å². The first-order valence-electron chi connectivity index (χ1n) is 9.13. The van der Waals surface area contributed by atoms with Gasteiger partial charge in [0.05, 0.1) is 0 Å². The number of hydrogen-bond donors (Lipinski definition) is 4. The number of nitrogens with one attached hydrogen (secondary N) is 3. The Balaban J connectivity index is 0.00000392. The number of anilines is 2. The van der Waals surface area contributed by atoms with Gasteiger partial charge in [-0.05, 0) is 49.1 Å². The molecule has 0 aliphatic heterocycles. The summed E-state index contributed by atoms with van der Waals surface area (Å²) in [6.07, 6.45) is 0.818. The molecule has 0 heterocycles. The minimum atomic E-state index is -0.360. The summed E-state index contributed by atoms with van der Waals surface area (Å²) in [6, 6.07) is 14.0. The molecule has 0 radical (unpaired) electrons. The van der Waals surface area contributed by atoms with Gasteiger partial charge >= 0.3 is 6.03 Å². The average Bonchev–Trinajstić information content (AvgIpc) is 2.63. The molecule has 0 saturated heterocycles. The van der Waals surface area contributed by atoms with Crippen molar-refractivity contribution in [3.05, 3.63) is 59.7 Å². The van der Waals surface area contributed by atoms with E-state index in [4.69, 9.17) is 5.73 Å². The van der Waals surface area contributed by atoms with Gasteiger partial charge < -0.3 is 21.7 Å². The molecule has 3 amide bonds. The highest BCUT2D eigenvalue weighted by Crippen LogP contribution is 2.18. The van der Waals surface area contributed by atoms with Gasteiger partial charge in [0, 0.05) is 29.5 Å². The van der Waals surface area contributed by atoms with Crippen LogP contribution in [0.5, 0.6) is 0 Å². The third-order valence-corrected chi connectivity index (χ3v) is 4.16. The first-order valence-corrected chi connectivity index (χ1v) is 9.13. The molecule has 2 aromatic carbocycles. The first kappa shape index (κ1) is 23.5. The van der Waals surface area contributed by atoms with Crippen LogP contribution in [0.3, 0.4) is 0 Å². The molecule has 7 heteroatoms. The number of halogens is 1. The van der Waals surface area contributed by atoms with Gasteiger partial charge in [0.2, 0.25) is 0 Å². The zero-order valence-corrected chi connectivity index (χ0v) is 17.3. The second-order valence-corrected chi connectivity index (χ2v) is 7.01. The average molecular weight is 405 g/mol. The molecule has 0 spiro atoms. The molecule has 2 rings (SSSR count). The Labute approximate surface area is 172 Å². The minimum absolute atomic E-state index is 0. The number of benzene rings is 2. The summed E-state index contributed by atoms with van der Waals surface area (Å²) in [5, 5.41) is 8.52. The topological polar surface area (TPSA) is 96.2 Å². The fourth-order valence-corrected chi connectivity index (χ4v) is 2.76. The van der Waals surface area contributed by atoms with Crippen molar-refractivity contribution in [3.63, 3.8) is 0 Å². The molecule has 0 aromatic heterocycles. The molecular formula is C21H29ClN4O2. The van der Waals surface area contributed by atoms with E-state index in [1.807, 2.05) is 31.2 Å². The number of para-hydroxylation sites is 1. The Morgan fingerprint density at radius 3 is 2.32 bits per heavy atom. The van der Waals surface area contributed by atoms with Gasteiger partial charge in [-0.25, -0.2) is 4.79 Å². The maximum Gasteiger partial charge on any atom is 0.323 e. The molecule has 28 heavy (non-hydrogen) atoms. The first-order chi connectivity index (χ1) is 12.9. The van der Waals surface area contributed by atoms with Crippen molar-refractivity contribution >= 4 is 35.7 Å². The van der Waals surface area contributed by atoms with E-state index in [0.29, 0.717) is 29.4 Å². The summed E-state index contributed by atoms with van der Waals surface area (Å²) >= 11 is 0. The number of amides is 3. The molecule has 1 atom stereocenters. The summed E-state index contributed by atoms with van der Waals surface area (Å²) < 4.78 is 0. The Bertz CT molecular complexity index is 781. The lowest BCUT2D eigenvalue weighted by atomic mass is 10.0. The molecular weight excluding hydrogens is 376 g/mol. The van der Waals surface area contributed by atoms with Gasteiger partial charge in [0.15, 0.2) is 0 Å². The normalized spacial score (nSPS) is 11.3. The van der Waals surface area contributed by atoms with Crippen molar-refractivity contribution in [1.82, 2.24) is 5.32 Å². The van der Waals surface area contributed by atoms with E-state index < -0.39 is 0 Å². The lowest BCUT2D eigenvalue weighted by Crippen LogP contribution is -2.41. The van der Waals surface area contributed by atoms with E-state index in [2.05, 4.69) is 29.8 Å². The molecule has 0 aliphatic rings. The smallest absolute Gasteiger partial charge is 0.323 e. The summed E-state index contributed by atoms with van der Waals surface area (Å²) in [5.41, 5.74) is 8.40. The van der Waals surface area contributed by atoms with Crippen molar-refractivity contribution in [1.29, 1.82) is 0 Å². The van der Waals surface area contributed by atoms with E-state index in [0.717, 1.165) is 12.0 Å². The standard InChI is InChI=1S/C21H28N4O2.ClH/c1-14(2)11-18(13-22)23-20(26)16-10-9-15(3)19(12-16)25-21(27)24-17-7-5-4-6-8-17;/h4-10,12,14,18H,11,13,22H2,1-3H3,(H,23,26)(H2,24,25,27);1H. The van der Waals surface area contributed by atoms with E-state index >= 15 is 0 Å². The second-order valence-electron chi connectivity index (χ2n) is 7.01. The Morgan fingerprint density at radius 2 is 1.71 bits per heavy atom. The molecule has 0 fully saturated rings. The van der Waals surface area contributed by atoms with Crippen LogP contribution in [0.1, 0.15) is 36.2 Å². The Morgan fingerprint density at radius 1 is 1.04 bits per heavy atom. The van der Waals surface area contributed by atoms with Crippen molar-refractivity contribution < 1.29 is 9.59 Å². The quantitative estimate of drug-likeness (QED) is 0.557. The van der Waals surface area contributed by atoms with Crippen LogP contribution < -0.4 is 21.7 Å². The lowest BCUT2D eigenvalue weighted by molar-refractivity contribution is 0.0933. The summed E-state index contributed by atoms with van der Waals surface area (Å²) in [6.45, 7) is 6.45. The number of rotatable bonds is 7. The maximum absolute atomic E-state index is 12.5. The summed E-state index contributed by atoms with van der Waals surface area (Å²) in [7, 11) is 0. The third-order valence-electron chi connectivity index (χ3n) is 4.16. The Kier molecular flexibility index (Phi) is 9.48. The second kappa shape index (κ2) is 11.3. The molecule has 1 unspecified atom stereocenters. The number of carbonyl (C=O) groups excluding carboxylic acids is 2. The van der Waals surface area contributed by atoms with Gasteiger partial charge in [-0.1, -0.05) is 38.1 Å². The van der Waals surface area contributed by atoms with Crippen LogP contribution in [0, 0.1) is 12.8 Å². The summed E-state index contributed by atoms with van der Waals surface area (Å²) in [5.74, 6) is 0.244. The highest BCUT2D eigenvalue weighted by atomic mass is 35.5. The predicted molar refractivity (Wildman–Crippen MR) is 117 cm³/mol. The fraction of sp³-hybridized carbons (Fsp3) is 0.333. The largest absolute Gasteiger partial charge is 0.348 e. The SMILES string of the molecule is Cc1ccc(C(=O)NC(CN)CC(C)C)cc1NC(=O)Nc1ccccc1.Cl. The van der Waals surface area contributed by atoms with Crippen LogP contribution in [0.2, 0.25) is 0 Å². The molecule has 6 nitrogen and oxygen atoms in total. The highest BCUT2D eigenvalue weighted by molar-refractivity contribution is 6.02. The Hall–Kier alpha value is -2.57. The zero-order chi connectivity index (χ0) is 19.8. The van der Waals surface area contributed by atoms with Gasteiger partial charge in [0.1, 0.15) is 0 Å².